The lowest BCUT2D eigenvalue weighted by Gasteiger charge is -2.22. The highest BCUT2D eigenvalue weighted by Gasteiger charge is 2.17. The van der Waals surface area contributed by atoms with Gasteiger partial charge in [0.25, 0.3) is 5.91 Å². The van der Waals surface area contributed by atoms with E-state index >= 15 is 0 Å². The van der Waals surface area contributed by atoms with Gasteiger partial charge in [-0.1, -0.05) is 38.3 Å². The highest BCUT2D eigenvalue weighted by molar-refractivity contribution is 6.33. The molecule has 0 radical (unpaired) electrons. The lowest BCUT2D eigenvalue weighted by Crippen LogP contribution is -2.37. The third-order valence-electron chi connectivity index (χ3n) is 3.45. The first-order chi connectivity index (χ1) is 9.03. The van der Waals surface area contributed by atoms with Crippen LogP contribution < -0.4 is 10.6 Å². The van der Waals surface area contributed by atoms with Crippen LogP contribution in [0.2, 0.25) is 5.02 Å². The Morgan fingerprint density at radius 1 is 1.42 bits per heavy atom. The van der Waals surface area contributed by atoms with Crippen LogP contribution in [-0.2, 0) is 0 Å². The molecule has 5 heteroatoms. The van der Waals surface area contributed by atoms with Gasteiger partial charge in [-0.15, -0.1) is 0 Å². The smallest absolute Gasteiger partial charge is 0.253 e. The largest absolute Gasteiger partial charge is 0.372 e. The zero-order valence-corrected chi connectivity index (χ0v) is 12.7. The fourth-order valence-corrected chi connectivity index (χ4v) is 2.41. The van der Waals surface area contributed by atoms with Gasteiger partial charge in [0.2, 0.25) is 0 Å². The average Bonchev–Trinajstić information content (AvgIpc) is 2.39. The molecule has 19 heavy (non-hydrogen) atoms. The van der Waals surface area contributed by atoms with Crippen LogP contribution in [0.3, 0.4) is 0 Å². The van der Waals surface area contributed by atoms with Gasteiger partial charge in [0, 0.05) is 19.3 Å². The number of pyridine rings is 1. The Labute approximate surface area is 120 Å². The van der Waals surface area contributed by atoms with Crippen molar-refractivity contribution in [3.63, 3.8) is 0 Å². The molecule has 0 aliphatic carbocycles. The van der Waals surface area contributed by atoms with E-state index in [9.17, 15) is 4.79 Å². The molecule has 1 amide bonds. The van der Waals surface area contributed by atoms with Crippen LogP contribution in [-0.4, -0.2) is 24.0 Å². The predicted octanol–water partition coefficient (Wildman–Crippen LogP) is 3.33. The Bertz CT molecular complexity index is 433. The highest BCUT2D eigenvalue weighted by atomic mass is 35.5. The Morgan fingerprint density at radius 3 is 2.53 bits per heavy atom. The summed E-state index contributed by atoms with van der Waals surface area (Å²) in [5.41, 5.74) is 0.488. The van der Waals surface area contributed by atoms with Gasteiger partial charge in [0.15, 0.2) is 0 Å². The van der Waals surface area contributed by atoms with E-state index < -0.39 is 0 Å². The zero-order valence-electron chi connectivity index (χ0n) is 12.0. The molecule has 0 spiro atoms. The lowest BCUT2D eigenvalue weighted by molar-refractivity contribution is 0.0925. The van der Waals surface area contributed by atoms with E-state index in [0.29, 0.717) is 22.3 Å². The van der Waals surface area contributed by atoms with Gasteiger partial charge < -0.3 is 10.6 Å². The predicted molar refractivity (Wildman–Crippen MR) is 79.8 cm³/mol. The van der Waals surface area contributed by atoms with Crippen LogP contribution in [0, 0.1) is 5.92 Å². The van der Waals surface area contributed by atoms with Gasteiger partial charge in [-0.05, 0) is 18.9 Å². The summed E-state index contributed by atoms with van der Waals surface area (Å²) in [6, 6.07) is 1.78. The molecule has 0 saturated heterocycles. The van der Waals surface area contributed by atoms with Gasteiger partial charge in [-0.2, -0.15) is 0 Å². The number of rotatable bonds is 6. The third kappa shape index (κ3) is 4.10. The van der Waals surface area contributed by atoms with Crippen molar-refractivity contribution >= 4 is 23.3 Å². The van der Waals surface area contributed by atoms with Crippen molar-refractivity contribution in [3.05, 3.63) is 22.8 Å². The highest BCUT2D eigenvalue weighted by Crippen LogP contribution is 2.20. The summed E-state index contributed by atoms with van der Waals surface area (Å²) < 4.78 is 0. The minimum atomic E-state index is -0.128. The Balaban J connectivity index is 2.75. The maximum atomic E-state index is 12.1. The van der Waals surface area contributed by atoms with Crippen molar-refractivity contribution in [2.24, 2.45) is 5.92 Å². The standard InChI is InChI=1S/C14H22ClN3O/c1-5-10(6-2)9(3)18-14(19)11-7-12(15)13(16-4)17-8-11/h7-10H,5-6H2,1-4H3,(H,16,17)(H,18,19). The number of aromatic nitrogens is 1. The summed E-state index contributed by atoms with van der Waals surface area (Å²) in [5, 5.41) is 6.32. The van der Waals surface area contributed by atoms with E-state index in [1.54, 1.807) is 13.1 Å². The molecular weight excluding hydrogens is 262 g/mol. The molecule has 1 aromatic rings. The number of amides is 1. The van der Waals surface area contributed by atoms with Crippen molar-refractivity contribution in [2.45, 2.75) is 39.7 Å². The molecule has 0 aliphatic rings. The van der Waals surface area contributed by atoms with Crippen LogP contribution in [0.25, 0.3) is 0 Å². The number of carbonyl (C=O) groups is 1. The molecule has 0 aliphatic heterocycles. The van der Waals surface area contributed by atoms with Crippen LogP contribution in [0.5, 0.6) is 0 Å². The number of nitrogens with zero attached hydrogens (tertiary/aromatic N) is 1. The second-order valence-electron chi connectivity index (χ2n) is 4.64. The number of halogens is 1. The summed E-state index contributed by atoms with van der Waals surface area (Å²) in [6.45, 7) is 6.31. The van der Waals surface area contributed by atoms with E-state index in [1.165, 1.54) is 6.20 Å². The molecule has 4 nitrogen and oxygen atoms in total. The second-order valence-corrected chi connectivity index (χ2v) is 5.05. The molecule has 1 atom stereocenters. The van der Waals surface area contributed by atoms with E-state index in [2.05, 4.69) is 29.5 Å². The quantitative estimate of drug-likeness (QED) is 0.842. The average molecular weight is 284 g/mol. The first-order valence-corrected chi connectivity index (χ1v) is 7.05. The molecule has 1 unspecified atom stereocenters. The van der Waals surface area contributed by atoms with Gasteiger partial charge in [-0.3, -0.25) is 4.79 Å². The minimum absolute atomic E-state index is 0.128. The summed E-state index contributed by atoms with van der Waals surface area (Å²) >= 11 is 6.02. The number of nitrogens with one attached hydrogen (secondary N) is 2. The zero-order chi connectivity index (χ0) is 14.4. The fourth-order valence-electron chi connectivity index (χ4n) is 2.15. The molecule has 2 N–H and O–H groups in total. The molecule has 1 heterocycles. The first kappa shape index (κ1) is 15.8. The number of hydrogen-bond donors (Lipinski definition) is 2. The van der Waals surface area contributed by atoms with E-state index in [-0.39, 0.29) is 11.9 Å². The topological polar surface area (TPSA) is 54.0 Å². The molecule has 0 saturated carbocycles. The maximum absolute atomic E-state index is 12.1. The van der Waals surface area contributed by atoms with Gasteiger partial charge in [0.05, 0.1) is 10.6 Å². The van der Waals surface area contributed by atoms with E-state index in [0.717, 1.165) is 12.8 Å². The van der Waals surface area contributed by atoms with Crippen LogP contribution in [0.15, 0.2) is 12.3 Å². The first-order valence-electron chi connectivity index (χ1n) is 6.67. The van der Waals surface area contributed by atoms with Crippen molar-refractivity contribution in [2.75, 3.05) is 12.4 Å². The van der Waals surface area contributed by atoms with Crippen LogP contribution in [0.1, 0.15) is 44.0 Å². The van der Waals surface area contributed by atoms with Crippen LogP contribution >= 0.6 is 11.6 Å². The third-order valence-corrected chi connectivity index (χ3v) is 3.74. The molecular formula is C14H22ClN3O. The van der Waals surface area contributed by atoms with Crippen molar-refractivity contribution in [1.82, 2.24) is 10.3 Å². The van der Waals surface area contributed by atoms with E-state index in [4.69, 9.17) is 11.6 Å². The summed E-state index contributed by atoms with van der Waals surface area (Å²) in [7, 11) is 1.74. The second kappa shape index (κ2) is 7.34. The number of hydrogen-bond acceptors (Lipinski definition) is 3. The fraction of sp³-hybridized carbons (Fsp3) is 0.571. The maximum Gasteiger partial charge on any atom is 0.253 e. The summed E-state index contributed by atoms with van der Waals surface area (Å²) in [4.78, 5) is 16.2. The molecule has 0 bridgehead atoms. The SMILES string of the molecule is CCC(CC)C(C)NC(=O)c1cnc(NC)c(Cl)c1. The monoisotopic (exact) mass is 283 g/mol. The lowest BCUT2D eigenvalue weighted by atomic mass is 9.95. The molecule has 0 aromatic carbocycles. The van der Waals surface area contributed by atoms with Gasteiger partial charge in [-0.25, -0.2) is 4.98 Å². The Morgan fingerprint density at radius 2 is 2.05 bits per heavy atom. The summed E-state index contributed by atoms with van der Waals surface area (Å²) in [5.74, 6) is 0.937. The molecule has 106 valence electrons. The van der Waals surface area contributed by atoms with Gasteiger partial charge in [0.1, 0.15) is 5.82 Å². The van der Waals surface area contributed by atoms with Crippen molar-refractivity contribution in [1.29, 1.82) is 0 Å². The normalized spacial score (nSPS) is 12.3. The molecule has 1 aromatic heterocycles. The van der Waals surface area contributed by atoms with E-state index in [1.807, 2.05) is 6.92 Å². The molecule has 1 rings (SSSR count). The summed E-state index contributed by atoms with van der Waals surface area (Å²) in [6.07, 6.45) is 3.64. The van der Waals surface area contributed by atoms with Gasteiger partial charge >= 0.3 is 0 Å². The minimum Gasteiger partial charge on any atom is -0.372 e. The van der Waals surface area contributed by atoms with Crippen LogP contribution in [0.4, 0.5) is 5.82 Å². The Kier molecular flexibility index (Phi) is 6.09. The number of carbonyl (C=O) groups excluding carboxylic acids is 1. The number of anilines is 1. The van der Waals surface area contributed by atoms with Crippen molar-refractivity contribution < 1.29 is 4.79 Å². The Hall–Kier alpha value is -1.29. The van der Waals surface area contributed by atoms with Crippen molar-refractivity contribution in [3.8, 4) is 0 Å². The molecule has 0 fully saturated rings.